The second kappa shape index (κ2) is 5.84. The molecule has 0 amide bonds. The van der Waals surface area contributed by atoms with Crippen molar-refractivity contribution in [3.8, 4) is 11.3 Å². The predicted octanol–water partition coefficient (Wildman–Crippen LogP) is 2.29. The molecule has 0 fully saturated rings. The van der Waals surface area contributed by atoms with Crippen molar-refractivity contribution < 1.29 is 13.6 Å². The molecule has 0 aliphatic carbocycles. The summed E-state index contributed by atoms with van der Waals surface area (Å²) in [6.45, 7) is 5.96. The fourth-order valence-corrected chi connectivity index (χ4v) is 1.85. The van der Waals surface area contributed by atoms with Crippen LogP contribution in [0.2, 0.25) is 0 Å². The third-order valence-electron chi connectivity index (χ3n) is 2.70. The minimum Gasteiger partial charge on any atom is -0.466 e. The zero-order valence-corrected chi connectivity index (χ0v) is 10.9. The van der Waals surface area contributed by atoms with Crippen LogP contribution >= 0.6 is 0 Å². The summed E-state index contributed by atoms with van der Waals surface area (Å²) in [7, 11) is 1.68. The lowest BCUT2D eigenvalue weighted by Gasteiger charge is -2.02. The summed E-state index contributed by atoms with van der Waals surface area (Å²) in [6, 6.07) is 1.97. The lowest BCUT2D eigenvalue weighted by atomic mass is 10.1. The Morgan fingerprint density at radius 2 is 2.22 bits per heavy atom. The van der Waals surface area contributed by atoms with Crippen LogP contribution in [0.3, 0.4) is 0 Å². The van der Waals surface area contributed by atoms with Gasteiger partial charge in [0.2, 0.25) is 0 Å². The Balaban J connectivity index is 2.10. The molecular formula is C13H18N2O3. The second-order valence-corrected chi connectivity index (χ2v) is 4.12. The van der Waals surface area contributed by atoms with E-state index < -0.39 is 0 Å². The average molecular weight is 250 g/mol. The van der Waals surface area contributed by atoms with Crippen LogP contribution in [0.15, 0.2) is 21.3 Å². The van der Waals surface area contributed by atoms with Gasteiger partial charge in [0.15, 0.2) is 12.2 Å². The number of aryl methyl sites for hydroxylation is 2. The molecule has 0 saturated heterocycles. The molecule has 2 aromatic rings. The van der Waals surface area contributed by atoms with Gasteiger partial charge in [0.1, 0.15) is 17.2 Å². The molecule has 5 heteroatoms. The molecule has 18 heavy (non-hydrogen) atoms. The van der Waals surface area contributed by atoms with Gasteiger partial charge in [-0.3, -0.25) is 0 Å². The number of methoxy groups -OCH3 is 1. The van der Waals surface area contributed by atoms with Crippen LogP contribution in [0.1, 0.15) is 17.2 Å². The average Bonchev–Trinajstić information content (AvgIpc) is 2.91. The molecule has 0 unspecified atom stereocenters. The van der Waals surface area contributed by atoms with Gasteiger partial charge in [-0.1, -0.05) is 0 Å². The number of hydrogen-bond acceptors (Lipinski definition) is 5. The largest absolute Gasteiger partial charge is 0.466 e. The van der Waals surface area contributed by atoms with Gasteiger partial charge < -0.3 is 18.9 Å². The highest BCUT2D eigenvalue weighted by Gasteiger charge is 2.15. The molecule has 2 heterocycles. The monoisotopic (exact) mass is 250 g/mol. The molecule has 0 aromatic carbocycles. The molecule has 2 rings (SSSR count). The Kier molecular flexibility index (Phi) is 4.17. The van der Waals surface area contributed by atoms with Crippen molar-refractivity contribution in [1.82, 2.24) is 10.3 Å². The molecule has 0 spiro atoms. The summed E-state index contributed by atoms with van der Waals surface area (Å²) < 4.78 is 15.9. The van der Waals surface area contributed by atoms with Crippen LogP contribution in [-0.2, 0) is 11.3 Å². The van der Waals surface area contributed by atoms with Crippen LogP contribution in [0, 0.1) is 13.8 Å². The molecule has 0 bridgehead atoms. The van der Waals surface area contributed by atoms with Gasteiger partial charge in [-0.25, -0.2) is 4.98 Å². The molecule has 5 nitrogen and oxygen atoms in total. The summed E-state index contributed by atoms with van der Waals surface area (Å²) in [6.07, 6.45) is 1.46. The van der Waals surface area contributed by atoms with Crippen molar-refractivity contribution in [1.29, 1.82) is 0 Å². The summed E-state index contributed by atoms with van der Waals surface area (Å²) in [4.78, 5) is 4.23. The lowest BCUT2D eigenvalue weighted by molar-refractivity contribution is 0.199. The molecule has 0 aliphatic rings. The molecule has 0 radical (unpaired) electrons. The van der Waals surface area contributed by atoms with Crippen molar-refractivity contribution in [3.63, 3.8) is 0 Å². The molecule has 0 aliphatic heterocycles. The maximum Gasteiger partial charge on any atom is 0.181 e. The van der Waals surface area contributed by atoms with Gasteiger partial charge in [0, 0.05) is 20.2 Å². The van der Waals surface area contributed by atoms with Crippen molar-refractivity contribution in [2.24, 2.45) is 0 Å². The van der Waals surface area contributed by atoms with E-state index in [4.69, 9.17) is 13.6 Å². The molecule has 2 aromatic heterocycles. The van der Waals surface area contributed by atoms with E-state index in [9.17, 15) is 0 Å². The van der Waals surface area contributed by atoms with E-state index >= 15 is 0 Å². The first-order valence-electron chi connectivity index (χ1n) is 5.91. The standard InChI is InChI=1S/C13H18N2O3/c1-9-6-11(10(2)18-9)13-12(15-8-17-13)7-14-4-5-16-3/h6,8,14H,4-5,7H2,1-3H3. The second-order valence-electron chi connectivity index (χ2n) is 4.12. The summed E-state index contributed by atoms with van der Waals surface area (Å²) >= 11 is 0. The lowest BCUT2D eigenvalue weighted by Crippen LogP contribution is -2.19. The smallest absolute Gasteiger partial charge is 0.181 e. The van der Waals surface area contributed by atoms with E-state index in [-0.39, 0.29) is 0 Å². The molecule has 98 valence electrons. The van der Waals surface area contributed by atoms with E-state index in [1.165, 1.54) is 6.39 Å². The number of oxazole rings is 1. The minimum atomic E-state index is 0.652. The zero-order valence-electron chi connectivity index (χ0n) is 10.9. The highest BCUT2D eigenvalue weighted by Crippen LogP contribution is 2.28. The van der Waals surface area contributed by atoms with Gasteiger partial charge >= 0.3 is 0 Å². The predicted molar refractivity (Wildman–Crippen MR) is 67.3 cm³/mol. The Hall–Kier alpha value is -1.59. The number of furan rings is 1. The minimum absolute atomic E-state index is 0.652. The number of nitrogens with one attached hydrogen (secondary N) is 1. The van der Waals surface area contributed by atoms with Crippen molar-refractivity contribution in [2.45, 2.75) is 20.4 Å². The summed E-state index contributed by atoms with van der Waals surface area (Å²) in [5.74, 6) is 2.49. The van der Waals surface area contributed by atoms with Crippen LogP contribution in [0.5, 0.6) is 0 Å². The third kappa shape index (κ3) is 2.80. The van der Waals surface area contributed by atoms with E-state index in [2.05, 4.69) is 10.3 Å². The molecular weight excluding hydrogens is 232 g/mol. The third-order valence-corrected chi connectivity index (χ3v) is 2.70. The van der Waals surface area contributed by atoms with Gasteiger partial charge in [0.05, 0.1) is 12.2 Å². The van der Waals surface area contributed by atoms with Crippen LogP contribution in [0.25, 0.3) is 11.3 Å². The Morgan fingerprint density at radius 3 is 2.89 bits per heavy atom. The Bertz CT molecular complexity index is 502. The number of ether oxygens (including phenoxy) is 1. The Labute approximate surface area is 106 Å². The fourth-order valence-electron chi connectivity index (χ4n) is 1.85. The SMILES string of the molecule is COCCNCc1ncoc1-c1cc(C)oc1C. The first-order chi connectivity index (χ1) is 8.72. The normalized spacial score (nSPS) is 11.1. The number of rotatable bonds is 6. The van der Waals surface area contributed by atoms with Crippen LogP contribution < -0.4 is 5.32 Å². The molecule has 0 saturated carbocycles. The van der Waals surface area contributed by atoms with E-state index in [0.717, 1.165) is 35.1 Å². The van der Waals surface area contributed by atoms with Crippen LogP contribution in [-0.4, -0.2) is 25.2 Å². The van der Waals surface area contributed by atoms with Crippen molar-refractivity contribution in [3.05, 3.63) is 29.7 Å². The molecule has 0 atom stereocenters. The van der Waals surface area contributed by atoms with Gasteiger partial charge in [-0.05, 0) is 19.9 Å². The highest BCUT2D eigenvalue weighted by atomic mass is 16.5. The Morgan fingerprint density at radius 1 is 1.39 bits per heavy atom. The number of nitrogens with zero attached hydrogens (tertiary/aromatic N) is 1. The van der Waals surface area contributed by atoms with E-state index in [1.54, 1.807) is 7.11 Å². The van der Waals surface area contributed by atoms with E-state index in [0.29, 0.717) is 13.2 Å². The molecule has 1 N–H and O–H groups in total. The topological polar surface area (TPSA) is 60.4 Å². The van der Waals surface area contributed by atoms with Gasteiger partial charge in [-0.15, -0.1) is 0 Å². The number of aromatic nitrogens is 1. The fraction of sp³-hybridized carbons (Fsp3) is 0.462. The zero-order chi connectivity index (χ0) is 13.0. The summed E-state index contributed by atoms with van der Waals surface area (Å²) in [5.41, 5.74) is 1.85. The van der Waals surface area contributed by atoms with Crippen LogP contribution in [0.4, 0.5) is 0 Å². The van der Waals surface area contributed by atoms with E-state index in [1.807, 2.05) is 19.9 Å². The van der Waals surface area contributed by atoms with Gasteiger partial charge in [0.25, 0.3) is 0 Å². The first kappa shape index (κ1) is 12.9. The maximum absolute atomic E-state index is 5.51. The highest BCUT2D eigenvalue weighted by molar-refractivity contribution is 5.62. The maximum atomic E-state index is 5.51. The van der Waals surface area contributed by atoms with Crippen molar-refractivity contribution in [2.75, 3.05) is 20.3 Å². The van der Waals surface area contributed by atoms with Gasteiger partial charge in [-0.2, -0.15) is 0 Å². The first-order valence-corrected chi connectivity index (χ1v) is 5.91. The van der Waals surface area contributed by atoms with Crippen molar-refractivity contribution >= 4 is 0 Å². The summed E-state index contributed by atoms with van der Waals surface area (Å²) in [5, 5.41) is 3.25. The number of hydrogen-bond donors (Lipinski definition) is 1. The quantitative estimate of drug-likeness (QED) is 0.797.